The van der Waals surface area contributed by atoms with Crippen LogP contribution in [0.4, 0.5) is 39.8 Å². The Hall–Kier alpha value is -5.28. The minimum absolute atomic E-state index is 0.747. The topological polar surface area (TPSA) is 18.5 Å². The average molecular weight is 518 g/mol. The fourth-order valence-electron chi connectivity index (χ4n) is 4.90. The van der Waals surface area contributed by atoms with Gasteiger partial charge in [-0.15, -0.1) is 0 Å². The van der Waals surface area contributed by atoms with E-state index < -0.39 is 0 Å². The maximum absolute atomic E-state index is 3.59. The van der Waals surface area contributed by atoms with Crippen molar-refractivity contribution in [3.63, 3.8) is 0 Å². The first-order valence-electron chi connectivity index (χ1n) is 13.6. The van der Waals surface area contributed by atoms with Crippen molar-refractivity contribution in [3.8, 4) is 0 Å². The number of para-hydroxylation sites is 4. The molecule has 0 radical (unpaired) electrons. The second-order valence-electron chi connectivity index (χ2n) is 9.58. The van der Waals surface area contributed by atoms with E-state index in [9.17, 15) is 0 Å². The predicted molar refractivity (Wildman–Crippen MR) is 170 cm³/mol. The van der Waals surface area contributed by atoms with Crippen LogP contribution in [0.2, 0.25) is 0 Å². The molecule has 0 aliphatic carbocycles. The smallest absolute Gasteiger partial charge is 0.0463 e. The van der Waals surface area contributed by atoms with Crippen molar-refractivity contribution in [2.24, 2.45) is 0 Å². The Balaban J connectivity index is 1.17. The molecule has 0 amide bonds. The molecule has 0 aliphatic heterocycles. The molecule has 0 aromatic heterocycles. The molecule has 194 valence electrons. The van der Waals surface area contributed by atoms with Crippen LogP contribution in [0, 0.1) is 0 Å². The Morgan fingerprint density at radius 3 is 0.975 bits per heavy atom. The third-order valence-electron chi connectivity index (χ3n) is 6.87. The number of benzene rings is 6. The number of nitrogens with zero attached hydrogens (tertiary/aromatic N) is 2. The van der Waals surface area contributed by atoms with E-state index in [2.05, 4.69) is 173 Å². The molecule has 0 spiro atoms. The average Bonchev–Trinajstić information content (AvgIpc) is 3.04. The van der Waals surface area contributed by atoms with Gasteiger partial charge in [0.1, 0.15) is 0 Å². The van der Waals surface area contributed by atoms with Gasteiger partial charge in [-0.2, -0.15) is 0 Å². The molecule has 0 heterocycles. The Kier molecular flexibility index (Phi) is 7.54. The molecule has 6 rings (SSSR count). The molecule has 0 saturated carbocycles. The van der Waals surface area contributed by atoms with Crippen LogP contribution in [0.1, 0.15) is 5.56 Å². The van der Waals surface area contributed by atoms with Gasteiger partial charge in [0.05, 0.1) is 0 Å². The lowest BCUT2D eigenvalue weighted by molar-refractivity contribution is 1.14. The highest BCUT2D eigenvalue weighted by Crippen LogP contribution is 2.36. The number of hydrogen-bond acceptors (Lipinski definition) is 3. The summed E-state index contributed by atoms with van der Waals surface area (Å²) in [7, 11) is 0. The van der Waals surface area contributed by atoms with Crippen molar-refractivity contribution < 1.29 is 0 Å². The van der Waals surface area contributed by atoms with Crippen LogP contribution in [-0.2, 0) is 6.54 Å². The van der Waals surface area contributed by atoms with E-state index >= 15 is 0 Å². The number of hydrogen-bond donors (Lipinski definition) is 1. The monoisotopic (exact) mass is 517 g/mol. The number of anilines is 7. The highest BCUT2D eigenvalue weighted by Gasteiger charge is 2.13. The van der Waals surface area contributed by atoms with Gasteiger partial charge in [-0.1, -0.05) is 84.9 Å². The van der Waals surface area contributed by atoms with Gasteiger partial charge in [-0.3, -0.25) is 0 Å². The van der Waals surface area contributed by atoms with E-state index in [0.29, 0.717) is 0 Å². The van der Waals surface area contributed by atoms with Gasteiger partial charge in [-0.25, -0.2) is 0 Å². The van der Waals surface area contributed by atoms with E-state index in [0.717, 1.165) is 46.4 Å². The van der Waals surface area contributed by atoms with E-state index in [1.807, 2.05) is 12.1 Å². The van der Waals surface area contributed by atoms with E-state index in [4.69, 9.17) is 0 Å². The van der Waals surface area contributed by atoms with Crippen LogP contribution in [0.5, 0.6) is 0 Å². The molecule has 0 fully saturated rings. The minimum Gasteiger partial charge on any atom is -0.381 e. The molecular weight excluding hydrogens is 486 g/mol. The summed E-state index contributed by atoms with van der Waals surface area (Å²) in [4.78, 5) is 4.55. The Morgan fingerprint density at radius 1 is 0.325 bits per heavy atom. The van der Waals surface area contributed by atoms with E-state index in [1.165, 1.54) is 5.56 Å². The minimum atomic E-state index is 0.747. The Labute approximate surface area is 236 Å². The van der Waals surface area contributed by atoms with Gasteiger partial charge in [0.25, 0.3) is 0 Å². The van der Waals surface area contributed by atoms with Crippen LogP contribution < -0.4 is 15.1 Å². The first-order chi connectivity index (χ1) is 19.8. The molecule has 0 bridgehead atoms. The van der Waals surface area contributed by atoms with Crippen molar-refractivity contribution in [2.45, 2.75) is 6.54 Å². The van der Waals surface area contributed by atoms with Crippen molar-refractivity contribution in [1.29, 1.82) is 0 Å². The summed E-state index contributed by atoms with van der Waals surface area (Å²) in [5, 5.41) is 3.59. The van der Waals surface area contributed by atoms with Crippen molar-refractivity contribution >= 4 is 39.8 Å². The van der Waals surface area contributed by atoms with Crippen LogP contribution in [-0.4, -0.2) is 0 Å². The molecule has 0 aliphatic rings. The molecule has 6 aromatic rings. The number of nitrogens with one attached hydrogen (secondary N) is 1. The summed E-state index contributed by atoms with van der Waals surface area (Å²) < 4.78 is 0. The molecule has 0 atom stereocenters. The lowest BCUT2D eigenvalue weighted by Gasteiger charge is -2.26. The molecule has 3 heteroatoms. The van der Waals surface area contributed by atoms with Gasteiger partial charge in [0, 0.05) is 46.4 Å². The molecule has 40 heavy (non-hydrogen) atoms. The van der Waals surface area contributed by atoms with E-state index in [-0.39, 0.29) is 0 Å². The normalized spacial score (nSPS) is 10.6. The Bertz CT molecular complexity index is 1400. The molecule has 1 N–H and O–H groups in total. The van der Waals surface area contributed by atoms with E-state index in [1.54, 1.807) is 0 Å². The van der Waals surface area contributed by atoms with Crippen molar-refractivity contribution in [1.82, 2.24) is 0 Å². The summed E-state index contributed by atoms with van der Waals surface area (Å²) in [5.41, 5.74) is 9.11. The third-order valence-corrected chi connectivity index (χ3v) is 6.87. The van der Waals surface area contributed by atoms with Crippen molar-refractivity contribution in [3.05, 3.63) is 175 Å². The second-order valence-corrected chi connectivity index (χ2v) is 9.58. The zero-order chi connectivity index (χ0) is 27.0. The van der Waals surface area contributed by atoms with Crippen LogP contribution in [0.15, 0.2) is 170 Å². The van der Waals surface area contributed by atoms with Crippen LogP contribution in [0.25, 0.3) is 0 Å². The first kappa shape index (κ1) is 25.0. The summed E-state index contributed by atoms with van der Waals surface area (Å²) >= 11 is 0. The predicted octanol–water partition coefficient (Wildman–Crippen LogP) is 10.2. The first-order valence-corrected chi connectivity index (χ1v) is 13.6. The molecular formula is C37H31N3. The Morgan fingerprint density at radius 2 is 0.625 bits per heavy atom. The SMILES string of the molecule is c1ccc(N(c2ccccc2)c2ccc(CNc3ccc(N(c4ccccc4)c4ccccc4)cc3)cc2)cc1. The standard InChI is InChI=1S/C37H31N3/c1-5-13-32(14-6-1)39(33-15-7-2-8-16-33)36-25-21-30(22-26-36)29-38-31-23-27-37(28-24-31)40(34-17-9-3-10-18-34)35-19-11-4-12-20-35/h1-28,38H,29H2. The number of rotatable bonds is 9. The van der Waals surface area contributed by atoms with Crippen LogP contribution >= 0.6 is 0 Å². The van der Waals surface area contributed by atoms with Gasteiger partial charge >= 0.3 is 0 Å². The second kappa shape index (κ2) is 12.1. The molecule has 0 saturated heterocycles. The highest BCUT2D eigenvalue weighted by molar-refractivity contribution is 5.78. The summed E-state index contributed by atoms with van der Waals surface area (Å²) in [6, 6.07) is 59.3. The highest BCUT2D eigenvalue weighted by atomic mass is 15.1. The third kappa shape index (κ3) is 5.74. The molecule has 3 nitrogen and oxygen atoms in total. The summed E-state index contributed by atoms with van der Waals surface area (Å²) in [5.74, 6) is 0. The van der Waals surface area contributed by atoms with Gasteiger partial charge < -0.3 is 15.1 Å². The summed E-state index contributed by atoms with van der Waals surface area (Å²) in [6.45, 7) is 0.747. The quantitative estimate of drug-likeness (QED) is 0.206. The molecule has 6 aromatic carbocycles. The lowest BCUT2D eigenvalue weighted by Crippen LogP contribution is -2.10. The fourth-order valence-corrected chi connectivity index (χ4v) is 4.90. The molecule has 0 unspecified atom stereocenters. The van der Waals surface area contributed by atoms with Gasteiger partial charge in [0.15, 0.2) is 0 Å². The van der Waals surface area contributed by atoms with Crippen LogP contribution in [0.3, 0.4) is 0 Å². The maximum atomic E-state index is 3.59. The summed E-state index contributed by atoms with van der Waals surface area (Å²) in [6.07, 6.45) is 0. The zero-order valence-corrected chi connectivity index (χ0v) is 22.3. The van der Waals surface area contributed by atoms with Gasteiger partial charge in [-0.05, 0) is 90.5 Å². The van der Waals surface area contributed by atoms with Gasteiger partial charge in [0.2, 0.25) is 0 Å². The lowest BCUT2D eigenvalue weighted by atomic mass is 10.1. The zero-order valence-electron chi connectivity index (χ0n) is 22.3. The maximum Gasteiger partial charge on any atom is 0.0463 e. The largest absolute Gasteiger partial charge is 0.381 e. The van der Waals surface area contributed by atoms with Crippen molar-refractivity contribution in [2.75, 3.05) is 15.1 Å². The fraction of sp³-hybridized carbons (Fsp3) is 0.0270.